The molecule has 128 valence electrons. The van der Waals surface area contributed by atoms with Crippen LogP contribution in [0.15, 0.2) is 18.2 Å². The van der Waals surface area contributed by atoms with E-state index in [0.717, 1.165) is 24.9 Å². The molecule has 1 aliphatic rings. The summed E-state index contributed by atoms with van der Waals surface area (Å²) in [6.07, 6.45) is 2.83. The number of carboxylic acid groups (broad SMARTS) is 1. The fraction of sp³-hybridized carbons (Fsp3) is 0.588. The number of piperidine rings is 1. The highest BCUT2D eigenvalue weighted by Crippen LogP contribution is 2.35. The third-order valence-electron chi connectivity index (χ3n) is 4.50. The minimum Gasteiger partial charge on any atom is -0.481 e. The number of methoxy groups -OCH3 is 1. The molecule has 1 aromatic rings. The summed E-state index contributed by atoms with van der Waals surface area (Å²) >= 11 is 5.70. The Hall–Kier alpha value is -1.17. The summed E-state index contributed by atoms with van der Waals surface area (Å²) in [5.74, 6) is -1.19. The number of carboxylic acids is 1. The molecule has 0 aliphatic carbocycles. The zero-order chi connectivity index (χ0) is 16.9. The van der Waals surface area contributed by atoms with Gasteiger partial charge in [-0.15, -0.1) is 0 Å². The molecule has 0 aromatic heterocycles. The minimum atomic E-state index is -0.749. The van der Waals surface area contributed by atoms with Gasteiger partial charge in [-0.05, 0) is 49.9 Å². The van der Waals surface area contributed by atoms with Crippen LogP contribution in [0, 0.1) is 11.2 Å². The molecule has 0 bridgehead atoms. The summed E-state index contributed by atoms with van der Waals surface area (Å²) in [5.41, 5.74) is 0.0758. The van der Waals surface area contributed by atoms with Gasteiger partial charge in [0.25, 0.3) is 0 Å². The van der Waals surface area contributed by atoms with E-state index in [-0.39, 0.29) is 5.02 Å². The van der Waals surface area contributed by atoms with Crippen molar-refractivity contribution in [3.05, 3.63) is 34.6 Å². The van der Waals surface area contributed by atoms with Crippen molar-refractivity contribution >= 4 is 17.6 Å². The van der Waals surface area contributed by atoms with Gasteiger partial charge in [-0.1, -0.05) is 17.7 Å². The summed E-state index contributed by atoms with van der Waals surface area (Å²) in [5, 5.41) is 9.81. The van der Waals surface area contributed by atoms with Gasteiger partial charge >= 0.3 is 5.97 Å². The molecular formula is C17H23ClFNO3. The van der Waals surface area contributed by atoms with Crippen LogP contribution in [0.4, 0.5) is 4.39 Å². The predicted octanol–water partition coefficient (Wildman–Crippen LogP) is 3.57. The first-order valence-electron chi connectivity index (χ1n) is 7.85. The molecule has 1 aliphatic heterocycles. The molecule has 6 heteroatoms. The van der Waals surface area contributed by atoms with Crippen molar-refractivity contribution < 1.29 is 19.0 Å². The molecule has 1 aromatic carbocycles. The highest BCUT2D eigenvalue weighted by atomic mass is 35.5. The van der Waals surface area contributed by atoms with Crippen LogP contribution in [0.25, 0.3) is 0 Å². The Labute approximate surface area is 141 Å². The van der Waals surface area contributed by atoms with Gasteiger partial charge in [-0.2, -0.15) is 0 Å². The molecule has 1 fully saturated rings. The summed E-state index contributed by atoms with van der Waals surface area (Å²) in [6, 6.07) is 4.75. The second kappa shape index (κ2) is 8.08. The van der Waals surface area contributed by atoms with Crippen molar-refractivity contribution in [2.24, 2.45) is 5.41 Å². The maximum Gasteiger partial charge on any atom is 0.310 e. The van der Waals surface area contributed by atoms with Gasteiger partial charge in [0.15, 0.2) is 0 Å². The molecule has 0 amide bonds. The molecular weight excluding hydrogens is 321 g/mol. The summed E-state index contributed by atoms with van der Waals surface area (Å²) in [6.45, 7) is 2.41. The molecule has 2 rings (SSSR count). The lowest BCUT2D eigenvalue weighted by Gasteiger charge is -2.40. The highest BCUT2D eigenvalue weighted by molar-refractivity contribution is 6.30. The Morgan fingerprint density at radius 1 is 1.52 bits per heavy atom. The number of benzene rings is 1. The first kappa shape index (κ1) is 18.2. The number of halogens is 2. The van der Waals surface area contributed by atoms with Gasteiger partial charge in [-0.25, -0.2) is 4.39 Å². The van der Waals surface area contributed by atoms with Crippen molar-refractivity contribution in [1.82, 2.24) is 4.90 Å². The van der Waals surface area contributed by atoms with Crippen LogP contribution in [0.3, 0.4) is 0 Å². The van der Waals surface area contributed by atoms with Gasteiger partial charge in [0.1, 0.15) is 5.82 Å². The Balaban J connectivity index is 2.05. The van der Waals surface area contributed by atoms with Crippen molar-refractivity contribution in [2.45, 2.75) is 32.2 Å². The van der Waals surface area contributed by atoms with E-state index in [4.69, 9.17) is 16.3 Å². The van der Waals surface area contributed by atoms with Crippen LogP contribution in [-0.2, 0) is 16.1 Å². The summed E-state index contributed by atoms with van der Waals surface area (Å²) < 4.78 is 18.6. The van der Waals surface area contributed by atoms with Crippen molar-refractivity contribution in [3.63, 3.8) is 0 Å². The van der Waals surface area contributed by atoms with Crippen LogP contribution >= 0.6 is 11.6 Å². The number of nitrogens with zero attached hydrogens (tertiary/aromatic N) is 1. The van der Waals surface area contributed by atoms with E-state index in [2.05, 4.69) is 4.90 Å². The molecule has 0 spiro atoms. The van der Waals surface area contributed by atoms with Gasteiger partial charge in [0, 0.05) is 26.8 Å². The monoisotopic (exact) mass is 343 g/mol. The van der Waals surface area contributed by atoms with Crippen molar-refractivity contribution in [3.8, 4) is 0 Å². The fourth-order valence-corrected chi connectivity index (χ4v) is 3.42. The molecule has 1 atom stereocenters. The number of ether oxygens (including phenoxy) is 1. The average molecular weight is 344 g/mol. The van der Waals surface area contributed by atoms with E-state index in [0.29, 0.717) is 32.5 Å². The number of hydrogen-bond donors (Lipinski definition) is 1. The maximum absolute atomic E-state index is 13.6. The van der Waals surface area contributed by atoms with E-state index >= 15 is 0 Å². The lowest BCUT2D eigenvalue weighted by atomic mass is 9.76. The number of rotatable bonds is 7. The van der Waals surface area contributed by atoms with Crippen LogP contribution in [0.2, 0.25) is 5.02 Å². The lowest BCUT2D eigenvalue weighted by Crippen LogP contribution is -2.47. The van der Waals surface area contributed by atoms with Crippen molar-refractivity contribution in [1.29, 1.82) is 0 Å². The predicted molar refractivity (Wildman–Crippen MR) is 87.1 cm³/mol. The third-order valence-corrected chi connectivity index (χ3v) is 4.81. The second-order valence-corrected chi connectivity index (χ2v) is 6.65. The highest BCUT2D eigenvalue weighted by Gasteiger charge is 2.41. The summed E-state index contributed by atoms with van der Waals surface area (Å²) in [7, 11) is 1.62. The largest absolute Gasteiger partial charge is 0.481 e. The normalized spacial score (nSPS) is 22.2. The lowest BCUT2D eigenvalue weighted by molar-refractivity contribution is -0.153. The van der Waals surface area contributed by atoms with E-state index in [1.54, 1.807) is 19.2 Å². The van der Waals surface area contributed by atoms with Crippen LogP contribution in [0.1, 0.15) is 31.2 Å². The molecule has 23 heavy (non-hydrogen) atoms. The van der Waals surface area contributed by atoms with E-state index in [9.17, 15) is 14.3 Å². The minimum absolute atomic E-state index is 0.104. The van der Waals surface area contributed by atoms with Crippen LogP contribution in [0.5, 0.6) is 0 Å². The Morgan fingerprint density at radius 3 is 2.96 bits per heavy atom. The van der Waals surface area contributed by atoms with Gasteiger partial charge in [0.2, 0.25) is 0 Å². The smallest absolute Gasteiger partial charge is 0.310 e. The van der Waals surface area contributed by atoms with Crippen molar-refractivity contribution in [2.75, 3.05) is 26.8 Å². The van der Waals surface area contributed by atoms with Crippen LogP contribution in [-0.4, -0.2) is 42.8 Å². The molecule has 0 radical (unpaired) electrons. The van der Waals surface area contributed by atoms with Crippen LogP contribution < -0.4 is 0 Å². The molecule has 1 saturated heterocycles. The van der Waals surface area contributed by atoms with E-state index in [1.165, 1.54) is 6.07 Å². The van der Waals surface area contributed by atoms with Gasteiger partial charge in [0.05, 0.1) is 10.4 Å². The van der Waals surface area contributed by atoms with E-state index in [1.807, 2.05) is 0 Å². The average Bonchev–Trinajstić information content (AvgIpc) is 2.51. The maximum atomic E-state index is 13.6. The number of likely N-dealkylation sites (tertiary alicyclic amines) is 1. The standard InChI is InChI=1S/C17H23ClFNO3/c1-23-9-3-7-17(16(21)22)6-2-8-20(12-17)11-13-4-5-14(18)15(19)10-13/h4-5,10H,2-3,6-9,11-12H2,1H3,(H,21,22)/t17-/m1/s1. The molecule has 0 unspecified atom stereocenters. The molecule has 1 heterocycles. The SMILES string of the molecule is COCCC[C@]1(C(=O)O)CCCN(Cc2ccc(Cl)c(F)c2)C1. The number of hydrogen-bond acceptors (Lipinski definition) is 3. The molecule has 4 nitrogen and oxygen atoms in total. The van der Waals surface area contributed by atoms with E-state index < -0.39 is 17.2 Å². The Morgan fingerprint density at radius 2 is 2.30 bits per heavy atom. The Kier molecular flexibility index (Phi) is 6.39. The first-order chi connectivity index (χ1) is 11.0. The third kappa shape index (κ3) is 4.66. The zero-order valence-corrected chi connectivity index (χ0v) is 14.1. The quantitative estimate of drug-likeness (QED) is 0.769. The topological polar surface area (TPSA) is 49.8 Å². The molecule has 1 N–H and O–H groups in total. The Bertz CT molecular complexity index is 555. The number of carbonyl (C=O) groups is 1. The first-order valence-corrected chi connectivity index (χ1v) is 8.23. The van der Waals surface area contributed by atoms with Gasteiger partial charge < -0.3 is 9.84 Å². The second-order valence-electron chi connectivity index (χ2n) is 6.24. The summed E-state index contributed by atoms with van der Waals surface area (Å²) in [4.78, 5) is 13.9. The zero-order valence-electron chi connectivity index (χ0n) is 13.4. The van der Waals surface area contributed by atoms with Gasteiger partial charge in [-0.3, -0.25) is 9.69 Å². The number of aliphatic carboxylic acids is 1. The fourth-order valence-electron chi connectivity index (χ4n) is 3.30. The molecule has 0 saturated carbocycles.